The third-order valence-corrected chi connectivity index (χ3v) is 6.79. The van der Waals surface area contributed by atoms with E-state index in [1.54, 1.807) is 41.3 Å². The minimum absolute atomic E-state index is 0.0751. The molecule has 0 spiro atoms. The van der Waals surface area contributed by atoms with E-state index in [2.05, 4.69) is 5.32 Å². The number of likely N-dealkylation sites (N-methyl/N-ethyl adjacent to an activating group) is 1. The lowest BCUT2D eigenvalue weighted by molar-refractivity contribution is -0.141. The smallest absolute Gasteiger partial charge is 0.261 e. The number of carbonyl (C=O) groups excluding carboxylic acids is 4. The van der Waals surface area contributed by atoms with E-state index in [0.29, 0.717) is 29.1 Å². The molecule has 0 saturated heterocycles. The number of hydrogen-bond donors (Lipinski definition) is 1. The SMILES string of the molecule is CCNC(=O)[C@H](Cc1ccccc1)N(Cc1ccc(Cl)cc1)C(=O)CCCN1C(=O)c2ccccc2C1=O. The van der Waals surface area contributed by atoms with E-state index < -0.39 is 6.04 Å². The van der Waals surface area contributed by atoms with Crippen LogP contribution in [0.2, 0.25) is 5.02 Å². The highest BCUT2D eigenvalue weighted by Gasteiger charge is 2.35. The normalized spacial score (nSPS) is 13.3. The van der Waals surface area contributed by atoms with Crippen molar-refractivity contribution in [3.8, 4) is 0 Å². The maximum Gasteiger partial charge on any atom is 0.261 e. The Morgan fingerprint density at radius 3 is 2.08 bits per heavy atom. The second-order valence-corrected chi connectivity index (χ2v) is 9.60. The zero-order valence-corrected chi connectivity index (χ0v) is 22.0. The number of rotatable bonds is 11. The lowest BCUT2D eigenvalue weighted by atomic mass is 10.0. The molecule has 38 heavy (non-hydrogen) atoms. The predicted octanol–water partition coefficient (Wildman–Crippen LogP) is 4.49. The van der Waals surface area contributed by atoms with Crippen LogP contribution in [0, 0.1) is 0 Å². The molecule has 0 aliphatic carbocycles. The van der Waals surface area contributed by atoms with Crippen LogP contribution >= 0.6 is 11.6 Å². The Hall–Kier alpha value is -3.97. The fourth-order valence-electron chi connectivity index (χ4n) is 4.61. The first-order chi connectivity index (χ1) is 18.4. The number of hydrogen-bond acceptors (Lipinski definition) is 4. The summed E-state index contributed by atoms with van der Waals surface area (Å²) >= 11 is 6.06. The zero-order valence-electron chi connectivity index (χ0n) is 21.2. The van der Waals surface area contributed by atoms with E-state index >= 15 is 0 Å². The summed E-state index contributed by atoms with van der Waals surface area (Å²) in [6.07, 6.45) is 0.713. The van der Waals surface area contributed by atoms with Crippen LogP contribution in [0.25, 0.3) is 0 Å². The number of nitrogens with one attached hydrogen (secondary N) is 1. The third-order valence-electron chi connectivity index (χ3n) is 6.54. The maximum absolute atomic E-state index is 13.6. The monoisotopic (exact) mass is 531 g/mol. The summed E-state index contributed by atoms with van der Waals surface area (Å²) in [4.78, 5) is 55.0. The predicted molar refractivity (Wildman–Crippen MR) is 146 cm³/mol. The van der Waals surface area contributed by atoms with Crippen molar-refractivity contribution in [3.05, 3.63) is 106 Å². The van der Waals surface area contributed by atoms with Crippen molar-refractivity contribution >= 4 is 35.2 Å². The van der Waals surface area contributed by atoms with Crippen molar-refractivity contribution in [2.45, 2.75) is 38.8 Å². The van der Waals surface area contributed by atoms with Crippen molar-refractivity contribution in [2.75, 3.05) is 13.1 Å². The van der Waals surface area contributed by atoms with Gasteiger partial charge in [0.15, 0.2) is 0 Å². The molecule has 8 heteroatoms. The van der Waals surface area contributed by atoms with Crippen LogP contribution in [-0.4, -0.2) is 52.6 Å². The standard InChI is InChI=1S/C30H30ClN3O4/c1-2-32-28(36)26(19-21-9-4-3-5-10-21)34(20-22-14-16-23(31)17-15-22)27(35)13-8-18-33-29(37)24-11-6-7-12-25(24)30(33)38/h3-7,9-12,14-17,26H,2,8,13,18-20H2,1H3,(H,32,36)/t26-/m0/s1. The summed E-state index contributed by atoms with van der Waals surface area (Å²) in [7, 11) is 0. The van der Waals surface area contributed by atoms with E-state index in [9.17, 15) is 19.2 Å². The lowest BCUT2D eigenvalue weighted by Gasteiger charge is -2.31. The van der Waals surface area contributed by atoms with Crippen LogP contribution < -0.4 is 5.32 Å². The quantitative estimate of drug-likeness (QED) is 0.369. The highest BCUT2D eigenvalue weighted by Crippen LogP contribution is 2.23. The summed E-state index contributed by atoms with van der Waals surface area (Å²) in [5, 5.41) is 3.45. The lowest BCUT2D eigenvalue weighted by Crippen LogP contribution is -2.50. The minimum atomic E-state index is -0.736. The van der Waals surface area contributed by atoms with Crippen LogP contribution in [0.15, 0.2) is 78.9 Å². The molecule has 196 valence electrons. The van der Waals surface area contributed by atoms with E-state index in [1.165, 1.54) is 4.90 Å². The highest BCUT2D eigenvalue weighted by atomic mass is 35.5. The molecule has 3 aromatic carbocycles. The Morgan fingerprint density at radius 2 is 1.47 bits per heavy atom. The molecule has 1 N–H and O–H groups in total. The Bertz CT molecular complexity index is 1280. The zero-order chi connectivity index (χ0) is 27.1. The molecule has 3 aromatic rings. The van der Waals surface area contributed by atoms with Gasteiger partial charge in [0.1, 0.15) is 6.04 Å². The van der Waals surface area contributed by atoms with Crippen LogP contribution in [0.3, 0.4) is 0 Å². The van der Waals surface area contributed by atoms with E-state index in [1.807, 2.05) is 49.4 Å². The van der Waals surface area contributed by atoms with Crippen LogP contribution in [0.1, 0.15) is 51.6 Å². The summed E-state index contributed by atoms with van der Waals surface area (Å²) in [5.41, 5.74) is 2.54. The van der Waals surface area contributed by atoms with Crippen molar-refractivity contribution in [2.24, 2.45) is 0 Å². The average molecular weight is 532 g/mol. The van der Waals surface area contributed by atoms with Gasteiger partial charge in [-0.05, 0) is 48.7 Å². The number of nitrogens with zero attached hydrogens (tertiary/aromatic N) is 2. The molecule has 4 rings (SSSR count). The number of benzene rings is 3. The molecule has 1 aliphatic rings. The Balaban J connectivity index is 1.52. The number of fused-ring (bicyclic) bond motifs is 1. The average Bonchev–Trinajstić information content (AvgIpc) is 3.17. The van der Waals surface area contributed by atoms with Gasteiger partial charge < -0.3 is 10.2 Å². The van der Waals surface area contributed by atoms with Gasteiger partial charge >= 0.3 is 0 Å². The van der Waals surface area contributed by atoms with Crippen molar-refractivity contribution in [1.29, 1.82) is 0 Å². The molecule has 7 nitrogen and oxygen atoms in total. The van der Waals surface area contributed by atoms with Gasteiger partial charge in [-0.2, -0.15) is 0 Å². The number of carbonyl (C=O) groups is 4. The summed E-state index contributed by atoms with van der Waals surface area (Å²) < 4.78 is 0. The second kappa shape index (κ2) is 12.5. The molecule has 0 aromatic heterocycles. The molecule has 0 radical (unpaired) electrons. The Kier molecular flexibility index (Phi) is 8.92. The largest absolute Gasteiger partial charge is 0.355 e. The Morgan fingerprint density at radius 1 is 0.868 bits per heavy atom. The van der Waals surface area contributed by atoms with E-state index in [-0.39, 0.29) is 49.6 Å². The fraction of sp³-hybridized carbons (Fsp3) is 0.267. The summed E-state index contributed by atoms with van der Waals surface area (Å²) in [5.74, 6) is -1.16. The highest BCUT2D eigenvalue weighted by molar-refractivity contribution is 6.30. The molecule has 0 fully saturated rings. The van der Waals surface area contributed by atoms with Crippen LogP contribution in [0.5, 0.6) is 0 Å². The fourth-order valence-corrected chi connectivity index (χ4v) is 4.73. The van der Waals surface area contributed by atoms with Gasteiger partial charge in [-0.25, -0.2) is 0 Å². The first-order valence-electron chi connectivity index (χ1n) is 12.7. The van der Waals surface area contributed by atoms with Gasteiger partial charge in [-0.1, -0.05) is 66.2 Å². The third kappa shape index (κ3) is 6.29. The summed E-state index contributed by atoms with van der Waals surface area (Å²) in [6, 6.07) is 22.7. The van der Waals surface area contributed by atoms with Gasteiger partial charge in [0, 0.05) is 37.5 Å². The van der Waals surface area contributed by atoms with Gasteiger partial charge in [0.05, 0.1) is 11.1 Å². The molecule has 0 bridgehead atoms. The first-order valence-corrected chi connectivity index (χ1v) is 13.1. The first kappa shape index (κ1) is 27.1. The molecular formula is C30H30ClN3O4. The topological polar surface area (TPSA) is 86.8 Å². The van der Waals surface area contributed by atoms with Crippen LogP contribution in [-0.2, 0) is 22.6 Å². The van der Waals surface area contributed by atoms with Gasteiger partial charge in [0.2, 0.25) is 11.8 Å². The summed E-state index contributed by atoms with van der Waals surface area (Å²) in [6.45, 7) is 2.62. The molecular weight excluding hydrogens is 502 g/mol. The number of imide groups is 1. The van der Waals surface area contributed by atoms with E-state index in [0.717, 1.165) is 11.1 Å². The van der Waals surface area contributed by atoms with Gasteiger partial charge in [0.25, 0.3) is 11.8 Å². The molecule has 0 saturated carbocycles. The van der Waals surface area contributed by atoms with Gasteiger partial charge in [-0.3, -0.25) is 24.1 Å². The molecule has 1 atom stereocenters. The molecule has 4 amide bonds. The number of amides is 4. The van der Waals surface area contributed by atoms with Crippen molar-refractivity contribution < 1.29 is 19.2 Å². The molecule has 1 aliphatic heterocycles. The van der Waals surface area contributed by atoms with E-state index in [4.69, 9.17) is 11.6 Å². The maximum atomic E-state index is 13.6. The van der Waals surface area contributed by atoms with Gasteiger partial charge in [-0.15, -0.1) is 0 Å². The molecule has 0 unspecified atom stereocenters. The van der Waals surface area contributed by atoms with Crippen molar-refractivity contribution in [3.63, 3.8) is 0 Å². The minimum Gasteiger partial charge on any atom is -0.355 e. The molecule has 1 heterocycles. The number of halogens is 1. The van der Waals surface area contributed by atoms with Crippen molar-refractivity contribution in [1.82, 2.24) is 15.1 Å². The Labute approximate surface area is 227 Å². The van der Waals surface area contributed by atoms with Crippen LogP contribution in [0.4, 0.5) is 0 Å². The second-order valence-electron chi connectivity index (χ2n) is 9.16.